The molecule has 0 aromatic heterocycles. The lowest BCUT2D eigenvalue weighted by molar-refractivity contribution is 0.592. The molecule has 0 saturated carbocycles. The second kappa shape index (κ2) is 6.58. The Hall–Kier alpha value is -1.54. The number of hydrazine groups is 1. The van der Waals surface area contributed by atoms with Crippen molar-refractivity contribution in [3.8, 4) is 12.3 Å². The summed E-state index contributed by atoms with van der Waals surface area (Å²) in [7, 11) is 0. The van der Waals surface area contributed by atoms with Gasteiger partial charge in [-0.15, -0.1) is 12.3 Å². The first-order valence-corrected chi connectivity index (χ1v) is 6.64. The topological polar surface area (TPSA) is 53.6 Å². The summed E-state index contributed by atoms with van der Waals surface area (Å²) in [5.74, 6) is 3.59. The van der Waals surface area contributed by atoms with E-state index >= 15 is 0 Å². The molecule has 19 heavy (non-hydrogen) atoms. The van der Waals surface area contributed by atoms with Crippen LogP contribution in [0.2, 0.25) is 5.02 Å². The van der Waals surface area contributed by atoms with Crippen molar-refractivity contribution in [2.45, 2.75) is 25.4 Å². The molecule has 1 aliphatic rings. The van der Waals surface area contributed by atoms with Gasteiger partial charge in [0.25, 0.3) is 0 Å². The van der Waals surface area contributed by atoms with E-state index in [9.17, 15) is 0 Å². The molecule has 0 saturated heterocycles. The van der Waals surface area contributed by atoms with Crippen LogP contribution in [0, 0.1) is 12.3 Å². The molecule has 1 atom stereocenters. The molecule has 5 heteroatoms. The van der Waals surface area contributed by atoms with Crippen molar-refractivity contribution >= 4 is 23.1 Å². The molecular weight excluding hydrogens is 260 g/mol. The van der Waals surface area contributed by atoms with Crippen molar-refractivity contribution < 1.29 is 0 Å². The van der Waals surface area contributed by atoms with Crippen LogP contribution in [0.3, 0.4) is 0 Å². The number of aliphatic imine (C=N–C) groups is 1. The van der Waals surface area contributed by atoms with Gasteiger partial charge in [-0.2, -0.15) is 0 Å². The summed E-state index contributed by atoms with van der Waals surface area (Å²) in [5.41, 5.74) is 9.88. The van der Waals surface area contributed by atoms with Crippen molar-refractivity contribution in [2.75, 3.05) is 11.6 Å². The quantitative estimate of drug-likeness (QED) is 0.640. The van der Waals surface area contributed by atoms with E-state index < -0.39 is 0 Å². The molecule has 0 amide bonds. The maximum Gasteiger partial charge on any atom is 0.131 e. The van der Waals surface area contributed by atoms with E-state index in [1.165, 1.54) is 0 Å². The average Bonchev–Trinajstić information content (AvgIpc) is 2.82. The Bertz CT molecular complexity index is 506. The van der Waals surface area contributed by atoms with Crippen molar-refractivity contribution in [3.05, 3.63) is 29.3 Å². The summed E-state index contributed by atoms with van der Waals surface area (Å²) in [5, 5.41) is 2.64. The minimum absolute atomic E-state index is 0.0835. The monoisotopic (exact) mass is 276 g/mol. The summed E-state index contributed by atoms with van der Waals surface area (Å²) < 4.78 is 0. The highest BCUT2D eigenvalue weighted by Gasteiger charge is 2.24. The van der Waals surface area contributed by atoms with Crippen LogP contribution >= 0.6 is 11.6 Å². The van der Waals surface area contributed by atoms with Gasteiger partial charge in [0.15, 0.2) is 0 Å². The SMILES string of the molecule is C#CCCCC1=NC(CN)NN1c1cccc(Cl)c1. The van der Waals surface area contributed by atoms with Gasteiger partial charge in [-0.1, -0.05) is 17.7 Å². The number of halogens is 1. The van der Waals surface area contributed by atoms with Gasteiger partial charge >= 0.3 is 0 Å². The van der Waals surface area contributed by atoms with E-state index in [-0.39, 0.29) is 6.17 Å². The highest BCUT2D eigenvalue weighted by molar-refractivity contribution is 6.30. The fourth-order valence-corrected chi connectivity index (χ4v) is 2.14. The summed E-state index contributed by atoms with van der Waals surface area (Å²) in [6, 6.07) is 7.63. The molecule has 1 aromatic rings. The van der Waals surface area contributed by atoms with Crippen LogP contribution in [-0.2, 0) is 0 Å². The number of unbranched alkanes of at least 4 members (excludes halogenated alkanes) is 1. The lowest BCUT2D eigenvalue weighted by Crippen LogP contribution is -2.43. The second-order valence-corrected chi connectivity index (χ2v) is 4.74. The summed E-state index contributed by atoms with van der Waals surface area (Å²) >= 11 is 6.02. The molecule has 0 spiro atoms. The van der Waals surface area contributed by atoms with E-state index in [0.29, 0.717) is 11.6 Å². The van der Waals surface area contributed by atoms with Gasteiger partial charge in [0, 0.05) is 24.4 Å². The first-order chi connectivity index (χ1) is 9.24. The van der Waals surface area contributed by atoms with Crippen LogP contribution in [-0.4, -0.2) is 18.5 Å². The molecule has 3 N–H and O–H groups in total. The number of terminal acetylenes is 1. The van der Waals surface area contributed by atoms with Gasteiger partial charge < -0.3 is 5.73 Å². The van der Waals surface area contributed by atoms with Gasteiger partial charge in [0.1, 0.15) is 12.0 Å². The van der Waals surface area contributed by atoms with E-state index in [1.54, 1.807) is 0 Å². The predicted molar refractivity (Wildman–Crippen MR) is 80.0 cm³/mol. The smallest absolute Gasteiger partial charge is 0.131 e. The Labute approximate surface area is 118 Å². The van der Waals surface area contributed by atoms with Crippen LogP contribution in [0.1, 0.15) is 19.3 Å². The van der Waals surface area contributed by atoms with E-state index in [1.807, 2.05) is 29.3 Å². The van der Waals surface area contributed by atoms with Gasteiger partial charge in [-0.25, -0.2) is 10.4 Å². The first kappa shape index (κ1) is 13.9. The molecule has 0 aliphatic carbocycles. The summed E-state index contributed by atoms with van der Waals surface area (Å²) in [6.45, 7) is 0.454. The zero-order valence-electron chi connectivity index (χ0n) is 10.6. The number of nitrogens with zero attached hydrogens (tertiary/aromatic N) is 2. The number of benzene rings is 1. The third-order valence-electron chi connectivity index (χ3n) is 2.85. The molecule has 1 heterocycles. The van der Waals surface area contributed by atoms with E-state index in [0.717, 1.165) is 30.8 Å². The average molecular weight is 277 g/mol. The van der Waals surface area contributed by atoms with Crippen molar-refractivity contribution in [1.29, 1.82) is 0 Å². The van der Waals surface area contributed by atoms with E-state index in [2.05, 4.69) is 16.3 Å². The summed E-state index contributed by atoms with van der Waals surface area (Å²) in [6.07, 6.45) is 7.67. The fourth-order valence-electron chi connectivity index (χ4n) is 1.96. The third-order valence-corrected chi connectivity index (χ3v) is 3.09. The van der Waals surface area contributed by atoms with Crippen molar-refractivity contribution in [2.24, 2.45) is 10.7 Å². The van der Waals surface area contributed by atoms with Gasteiger partial charge in [0.2, 0.25) is 0 Å². The standard InChI is InChI=1S/C14H17ClN4/c1-2-3-4-8-14-17-13(10-16)18-19(14)12-7-5-6-11(15)9-12/h1,5-7,9,13,18H,3-4,8,10,16H2. The Kier molecular flexibility index (Phi) is 4.80. The van der Waals surface area contributed by atoms with Gasteiger partial charge in [-0.3, -0.25) is 5.01 Å². The van der Waals surface area contributed by atoms with Gasteiger partial charge in [0.05, 0.1) is 5.69 Å². The highest BCUT2D eigenvalue weighted by atomic mass is 35.5. The second-order valence-electron chi connectivity index (χ2n) is 4.30. The molecule has 4 nitrogen and oxygen atoms in total. The van der Waals surface area contributed by atoms with Crippen molar-refractivity contribution in [3.63, 3.8) is 0 Å². The molecule has 0 bridgehead atoms. The molecule has 1 aromatic carbocycles. The lowest BCUT2D eigenvalue weighted by atomic mass is 10.2. The predicted octanol–water partition coefficient (Wildman–Crippen LogP) is 2.15. The minimum Gasteiger partial charge on any atom is -0.327 e. The number of rotatable bonds is 5. The Morgan fingerprint density at radius 2 is 2.37 bits per heavy atom. The normalized spacial score (nSPS) is 18.3. The molecule has 2 rings (SSSR count). The molecule has 100 valence electrons. The number of hydrogen-bond donors (Lipinski definition) is 2. The van der Waals surface area contributed by atoms with E-state index in [4.69, 9.17) is 23.8 Å². The molecule has 0 radical (unpaired) electrons. The fraction of sp³-hybridized carbons (Fsp3) is 0.357. The van der Waals surface area contributed by atoms with Gasteiger partial charge in [-0.05, 0) is 24.6 Å². The van der Waals surface area contributed by atoms with Crippen LogP contribution in [0.15, 0.2) is 29.3 Å². The van der Waals surface area contributed by atoms with Crippen molar-refractivity contribution in [1.82, 2.24) is 5.43 Å². The Morgan fingerprint density at radius 1 is 1.53 bits per heavy atom. The lowest BCUT2D eigenvalue weighted by Gasteiger charge is -2.21. The molecular formula is C14H17ClN4. The maximum atomic E-state index is 6.02. The maximum absolute atomic E-state index is 6.02. The van der Waals surface area contributed by atoms with Crippen LogP contribution < -0.4 is 16.2 Å². The minimum atomic E-state index is -0.0835. The molecule has 1 unspecified atom stereocenters. The molecule has 0 fully saturated rings. The Morgan fingerprint density at radius 3 is 3.05 bits per heavy atom. The number of amidine groups is 1. The van der Waals surface area contributed by atoms with Crippen LogP contribution in [0.5, 0.6) is 0 Å². The highest BCUT2D eigenvalue weighted by Crippen LogP contribution is 2.22. The van der Waals surface area contributed by atoms with Crippen LogP contribution in [0.4, 0.5) is 5.69 Å². The largest absolute Gasteiger partial charge is 0.327 e. The first-order valence-electron chi connectivity index (χ1n) is 6.26. The molecule has 1 aliphatic heterocycles. The zero-order valence-corrected chi connectivity index (χ0v) is 11.4. The van der Waals surface area contributed by atoms with Crippen LogP contribution in [0.25, 0.3) is 0 Å². The number of nitrogens with two attached hydrogens (primary N) is 1. The number of anilines is 1. The number of nitrogens with one attached hydrogen (secondary N) is 1. The summed E-state index contributed by atoms with van der Waals surface area (Å²) in [4.78, 5) is 4.56. The third kappa shape index (κ3) is 3.48. The number of hydrogen-bond acceptors (Lipinski definition) is 4. The zero-order chi connectivity index (χ0) is 13.7. The Balaban J connectivity index is 2.14.